The topological polar surface area (TPSA) is 33.7 Å². The highest BCUT2D eigenvalue weighted by Gasteiger charge is 2.36. The molecule has 0 bridgehead atoms. The zero-order valence-corrected chi connectivity index (χ0v) is 13.6. The molecule has 0 aromatic heterocycles. The van der Waals surface area contributed by atoms with Crippen molar-refractivity contribution in [3.8, 4) is 11.5 Å². The summed E-state index contributed by atoms with van der Waals surface area (Å²) in [6.07, 6.45) is 0. The van der Waals surface area contributed by atoms with Gasteiger partial charge in [0.1, 0.15) is 18.1 Å². The molecule has 4 heteroatoms. The monoisotopic (exact) mass is 310 g/mol. The van der Waals surface area contributed by atoms with Crippen molar-refractivity contribution < 1.29 is 9.47 Å². The summed E-state index contributed by atoms with van der Waals surface area (Å²) in [4.78, 5) is 2.51. The van der Waals surface area contributed by atoms with Gasteiger partial charge in [-0.25, -0.2) is 0 Å². The maximum absolute atomic E-state index is 6.08. The van der Waals surface area contributed by atoms with Gasteiger partial charge in [-0.2, -0.15) is 0 Å². The van der Waals surface area contributed by atoms with Crippen LogP contribution in [0.5, 0.6) is 11.5 Å². The summed E-state index contributed by atoms with van der Waals surface area (Å²) in [7, 11) is 3.74. The number of fused-ring (bicyclic) bond motifs is 2. The predicted molar refractivity (Wildman–Crippen MR) is 90.0 cm³/mol. The van der Waals surface area contributed by atoms with E-state index in [-0.39, 0.29) is 6.04 Å². The second kappa shape index (κ2) is 5.87. The first-order chi connectivity index (χ1) is 11.3. The van der Waals surface area contributed by atoms with Crippen molar-refractivity contribution in [2.45, 2.75) is 18.7 Å². The molecule has 1 atom stereocenters. The van der Waals surface area contributed by atoms with Gasteiger partial charge in [0.25, 0.3) is 0 Å². The van der Waals surface area contributed by atoms with Crippen molar-refractivity contribution in [1.82, 2.24) is 10.2 Å². The lowest BCUT2D eigenvalue weighted by Crippen LogP contribution is -2.58. The number of nitrogens with zero attached hydrogens (tertiary/aromatic N) is 1. The van der Waals surface area contributed by atoms with Gasteiger partial charge in [0.2, 0.25) is 0 Å². The first kappa shape index (κ1) is 14.5. The fraction of sp³-hybridized carbons (Fsp3) is 0.368. The molecule has 2 aromatic rings. The van der Waals surface area contributed by atoms with Gasteiger partial charge in [0, 0.05) is 24.7 Å². The highest BCUT2D eigenvalue weighted by Crippen LogP contribution is 2.42. The maximum atomic E-state index is 6.08. The molecule has 4 nitrogen and oxygen atoms in total. The third-order valence-electron chi connectivity index (χ3n) is 4.93. The summed E-state index contributed by atoms with van der Waals surface area (Å²) >= 11 is 0. The number of methoxy groups -OCH3 is 1. The highest BCUT2D eigenvalue weighted by molar-refractivity contribution is 5.49. The summed E-state index contributed by atoms with van der Waals surface area (Å²) < 4.78 is 11.5. The molecule has 0 saturated carbocycles. The van der Waals surface area contributed by atoms with Gasteiger partial charge in [-0.15, -0.1) is 0 Å². The van der Waals surface area contributed by atoms with E-state index in [0.29, 0.717) is 12.6 Å². The van der Waals surface area contributed by atoms with Gasteiger partial charge in [0.05, 0.1) is 13.2 Å². The number of likely N-dealkylation sites (tertiary alicyclic amines) is 1. The van der Waals surface area contributed by atoms with E-state index in [1.807, 2.05) is 19.2 Å². The Morgan fingerprint density at radius 3 is 2.74 bits per heavy atom. The number of ether oxygens (including phenoxy) is 2. The molecule has 23 heavy (non-hydrogen) atoms. The number of hydrogen-bond donors (Lipinski definition) is 1. The average molecular weight is 310 g/mol. The lowest BCUT2D eigenvalue weighted by atomic mass is 9.90. The molecule has 2 aliphatic heterocycles. The number of rotatable bonds is 3. The van der Waals surface area contributed by atoms with Gasteiger partial charge in [-0.1, -0.05) is 24.3 Å². The van der Waals surface area contributed by atoms with Gasteiger partial charge in [0.15, 0.2) is 0 Å². The van der Waals surface area contributed by atoms with E-state index < -0.39 is 0 Å². The van der Waals surface area contributed by atoms with Crippen LogP contribution in [0, 0.1) is 0 Å². The molecule has 0 amide bonds. The number of likely N-dealkylation sites (N-methyl/N-ethyl adjacent to an activating group) is 1. The van der Waals surface area contributed by atoms with Gasteiger partial charge in [-0.05, 0) is 36.4 Å². The second-order valence-electron chi connectivity index (χ2n) is 6.23. The molecule has 1 saturated heterocycles. The third-order valence-corrected chi connectivity index (χ3v) is 4.93. The summed E-state index contributed by atoms with van der Waals surface area (Å²) in [5, 5.41) is 3.36. The Bertz CT molecular complexity index is 710. The molecule has 0 aliphatic carbocycles. The van der Waals surface area contributed by atoms with Crippen molar-refractivity contribution in [2.24, 2.45) is 0 Å². The molecule has 0 spiro atoms. The molecule has 1 fully saturated rings. The predicted octanol–water partition coefficient (Wildman–Crippen LogP) is 2.58. The first-order valence-corrected chi connectivity index (χ1v) is 8.10. The van der Waals surface area contributed by atoms with Gasteiger partial charge >= 0.3 is 0 Å². The van der Waals surface area contributed by atoms with Crippen LogP contribution in [0.3, 0.4) is 0 Å². The normalized spacial score (nSPS) is 20.7. The average Bonchev–Trinajstić information content (AvgIpc) is 2.71. The number of nitrogens with one attached hydrogen (secondary N) is 1. The quantitative estimate of drug-likeness (QED) is 0.945. The van der Waals surface area contributed by atoms with E-state index >= 15 is 0 Å². The minimum absolute atomic E-state index is 0.225. The number of benzene rings is 2. The molecule has 1 N–H and O–H groups in total. The van der Waals surface area contributed by atoms with Crippen LogP contribution in [0.25, 0.3) is 0 Å². The van der Waals surface area contributed by atoms with Crippen molar-refractivity contribution in [1.29, 1.82) is 0 Å². The Hall–Kier alpha value is -2.04. The van der Waals surface area contributed by atoms with E-state index in [0.717, 1.165) is 24.6 Å². The molecular weight excluding hydrogens is 288 g/mol. The summed E-state index contributed by atoms with van der Waals surface area (Å²) in [6, 6.07) is 15.5. The zero-order chi connectivity index (χ0) is 15.8. The van der Waals surface area contributed by atoms with Crippen LogP contribution in [0.15, 0.2) is 42.5 Å². The minimum Gasteiger partial charge on any atom is -0.497 e. The second-order valence-corrected chi connectivity index (χ2v) is 6.23. The van der Waals surface area contributed by atoms with E-state index in [9.17, 15) is 0 Å². The lowest BCUT2D eigenvalue weighted by Gasteiger charge is -2.44. The smallest absolute Gasteiger partial charge is 0.125 e. The van der Waals surface area contributed by atoms with Crippen LogP contribution in [-0.4, -0.2) is 38.2 Å². The molecule has 120 valence electrons. The standard InChI is InChI=1S/C19H22N2O2/c1-20-14-10-21(11-14)19-16-6-4-3-5-13(16)12-23-18-8-7-15(22-2)9-17(18)19/h3-9,14,19-20H,10-12H2,1-2H3. The molecule has 2 aromatic carbocycles. The Balaban J connectivity index is 1.81. The van der Waals surface area contributed by atoms with Gasteiger partial charge in [-0.3, -0.25) is 4.90 Å². The van der Waals surface area contributed by atoms with Crippen LogP contribution in [0.1, 0.15) is 22.7 Å². The zero-order valence-electron chi connectivity index (χ0n) is 13.6. The molecule has 1 unspecified atom stereocenters. The van der Waals surface area contributed by atoms with Crippen LogP contribution >= 0.6 is 0 Å². The fourth-order valence-corrected chi connectivity index (χ4v) is 3.55. The van der Waals surface area contributed by atoms with Crippen molar-refractivity contribution >= 4 is 0 Å². The number of hydrogen-bond acceptors (Lipinski definition) is 4. The Labute approximate surface area is 137 Å². The Morgan fingerprint density at radius 1 is 1.13 bits per heavy atom. The Morgan fingerprint density at radius 2 is 1.96 bits per heavy atom. The van der Waals surface area contributed by atoms with Crippen LogP contribution in [0.4, 0.5) is 0 Å². The van der Waals surface area contributed by atoms with E-state index in [1.165, 1.54) is 16.7 Å². The van der Waals surface area contributed by atoms with Crippen molar-refractivity contribution in [2.75, 3.05) is 27.2 Å². The van der Waals surface area contributed by atoms with E-state index in [2.05, 4.69) is 40.5 Å². The van der Waals surface area contributed by atoms with E-state index in [4.69, 9.17) is 9.47 Å². The fourth-order valence-electron chi connectivity index (χ4n) is 3.55. The van der Waals surface area contributed by atoms with Crippen molar-refractivity contribution in [3.05, 3.63) is 59.2 Å². The minimum atomic E-state index is 0.225. The summed E-state index contributed by atoms with van der Waals surface area (Å²) in [5.74, 6) is 1.84. The SMILES string of the molecule is CNC1CN(C2c3ccccc3COc3ccc(OC)cc32)C1. The van der Waals surface area contributed by atoms with Crippen LogP contribution in [0.2, 0.25) is 0 Å². The van der Waals surface area contributed by atoms with Crippen LogP contribution < -0.4 is 14.8 Å². The van der Waals surface area contributed by atoms with Crippen molar-refractivity contribution in [3.63, 3.8) is 0 Å². The summed E-state index contributed by atoms with van der Waals surface area (Å²) in [5.41, 5.74) is 3.80. The molecule has 0 radical (unpaired) electrons. The highest BCUT2D eigenvalue weighted by atomic mass is 16.5. The molecule has 4 rings (SSSR count). The first-order valence-electron chi connectivity index (χ1n) is 8.10. The van der Waals surface area contributed by atoms with E-state index in [1.54, 1.807) is 7.11 Å². The summed E-state index contributed by atoms with van der Waals surface area (Å²) in [6.45, 7) is 2.72. The van der Waals surface area contributed by atoms with Gasteiger partial charge < -0.3 is 14.8 Å². The molecule has 2 heterocycles. The maximum Gasteiger partial charge on any atom is 0.125 e. The third kappa shape index (κ3) is 2.48. The Kier molecular flexibility index (Phi) is 3.71. The molecular formula is C19H22N2O2. The lowest BCUT2D eigenvalue weighted by molar-refractivity contribution is 0.0972. The molecule has 2 aliphatic rings. The van der Waals surface area contributed by atoms with Crippen LogP contribution in [-0.2, 0) is 6.61 Å². The largest absolute Gasteiger partial charge is 0.497 e.